The molecular formula is C46H55N3. The maximum absolute atomic E-state index is 4.76. The Kier molecular flexibility index (Phi) is 11.0. The van der Waals surface area contributed by atoms with Crippen LogP contribution in [0.25, 0.3) is 22.4 Å². The minimum atomic E-state index is 0.485. The number of rotatable bonds is 11. The summed E-state index contributed by atoms with van der Waals surface area (Å²) in [4.78, 5) is 10.1. The van der Waals surface area contributed by atoms with Gasteiger partial charge in [0.15, 0.2) is 0 Å². The zero-order chi connectivity index (χ0) is 34.5. The van der Waals surface area contributed by atoms with Crippen LogP contribution in [-0.4, -0.2) is 29.0 Å². The van der Waals surface area contributed by atoms with E-state index in [4.69, 9.17) is 4.98 Å². The molecule has 3 nitrogen and oxygen atoms in total. The first kappa shape index (κ1) is 34.6. The standard InChI is InChI=1S/C46H55N3/c1-8-9-12-38-15-17-43(18-16-38)49(31-40-13-10-11-14-45(40)41-25-32(2)36(6)33(3)26-41)44-20-23-48(24-21-44)30-39-19-22-47-46(29-39)42-27-34(4)37(7)35(5)28-42/h10-11,13-19,22,25-29,44H,8-9,12,20-21,23-24,30-31H2,1-7H3. The molecule has 0 saturated carbocycles. The predicted molar refractivity (Wildman–Crippen MR) is 210 cm³/mol. The van der Waals surface area contributed by atoms with Crippen LogP contribution in [-0.2, 0) is 19.5 Å². The summed E-state index contributed by atoms with van der Waals surface area (Å²) in [5, 5.41) is 0. The zero-order valence-corrected chi connectivity index (χ0v) is 30.9. The van der Waals surface area contributed by atoms with Crippen LogP contribution in [0, 0.1) is 41.5 Å². The van der Waals surface area contributed by atoms with Crippen molar-refractivity contribution in [1.82, 2.24) is 9.88 Å². The Hall–Kier alpha value is -4.21. The number of aryl methyl sites for hydroxylation is 5. The first-order valence-corrected chi connectivity index (χ1v) is 18.5. The molecule has 0 spiro atoms. The van der Waals surface area contributed by atoms with Gasteiger partial charge < -0.3 is 4.90 Å². The summed E-state index contributed by atoms with van der Waals surface area (Å²) in [5.41, 5.74) is 18.6. The van der Waals surface area contributed by atoms with Crippen LogP contribution in [0.3, 0.4) is 0 Å². The molecule has 1 aliphatic heterocycles. The van der Waals surface area contributed by atoms with E-state index < -0.39 is 0 Å². The summed E-state index contributed by atoms with van der Waals surface area (Å²) in [6.45, 7) is 19.7. The van der Waals surface area contributed by atoms with Crippen LogP contribution in [0.4, 0.5) is 5.69 Å². The normalized spacial score (nSPS) is 13.9. The number of aromatic nitrogens is 1. The molecule has 6 rings (SSSR count). The second-order valence-electron chi connectivity index (χ2n) is 14.6. The molecule has 1 aromatic heterocycles. The molecule has 1 fully saturated rings. The summed E-state index contributed by atoms with van der Waals surface area (Å²) >= 11 is 0. The zero-order valence-electron chi connectivity index (χ0n) is 30.9. The number of unbranched alkanes of at least 4 members (excludes halogenated alkanes) is 1. The van der Waals surface area contributed by atoms with E-state index in [1.165, 1.54) is 85.3 Å². The molecule has 0 N–H and O–H groups in total. The van der Waals surface area contributed by atoms with Gasteiger partial charge in [-0.2, -0.15) is 0 Å². The molecule has 0 amide bonds. The Bertz CT molecular complexity index is 1830. The van der Waals surface area contributed by atoms with E-state index in [9.17, 15) is 0 Å². The molecule has 3 heteroatoms. The van der Waals surface area contributed by atoms with E-state index in [0.717, 1.165) is 51.1 Å². The van der Waals surface area contributed by atoms with Gasteiger partial charge in [0.1, 0.15) is 0 Å². The average molecular weight is 650 g/mol. The lowest BCUT2D eigenvalue weighted by Gasteiger charge is -2.40. The molecule has 5 aromatic rings. The number of anilines is 1. The average Bonchev–Trinajstić information content (AvgIpc) is 3.11. The Morgan fingerprint density at radius 3 is 1.94 bits per heavy atom. The smallest absolute Gasteiger partial charge is 0.0705 e. The lowest BCUT2D eigenvalue weighted by atomic mass is 9.93. The topological polar surface area (TPSA) is 19.4 Å². The number of pyridine rings is 1. The van der Waals surface area contributed by atoms with Crippen LogP contribution in [0.2, 0.25) is 0 Å². The van der Waals surface area contributed by atoms with Gasteiger partial charge in [-0.3, -0.25) is 9.88 Å². The van der Waals surface area contributed by atoms with Crippen molar-refractivity contribution in [3.8, 4) is 22.4 Å². The van der Waals surface area contributed by atoms with Gasteiger partial charge in [0.05, 0.1) is 5.69 Å². The molecular weight excluding hydrogens is 595 g/mol. The summed E-state index contributed by atoms with van der Waals surface area (Å²) in [6, 6.07) is 32.8. The second kappa shape index (κ2) is 15.6. The van der Waals surface area contributed by atoms with Crippen molar-refractivity contribution in [3.63, 3.8) is 0 Å². The van der Waals surface area contributed by atoms with Gasteiger partial charge >= 0.3 is 0 Å². The third-order valence-corrected chi connectivity index (χ3v) is 11.1. The van der Waals surface area contributed by atoms with E-state index in [2.05, 4.69) is 143 Å². The van der Waals surface area contributed by atoms with Crippen LogP contribution in [0.15, 0.2) is 91.1 Å². The third-order valence-electron chi connectivity index (χ3n) is 11.1. The second-order valence-corrected chi connectivity index (χ2v) is 14.6. The highest BCUT2D eigenvalue weighted by Gasteiger charge is 2.26. The lowest BCUT2D eigenvalue weighted by Crippen LogP contribution is -2.44. The van der Waals surface area contributed by atoms with E-state index in [0.29, 0.717) is 6.04 Å². The highest BCUT2D eigenvalue weighted by atomic mass is 15.2. The van der Waals surface area contributed by atoms with Crippen molar-refractivity contribution in [1.29, 1.82) is 0 Å². The molecule has 0 radical (unpaired) electrons. The maximum atomic E-state index is 4.76. The van der Waals surface area contributed by atoms with Crippen molar-refractivity contribution in [2.24, 2.45) is 0 Å². The first-order valence-electron chi connectivity index (χ1n) is 18.5. The SMILES string of the molecule is CCCCc1ccc(N(Cc2ccccc2-c2cc(C)c(C)c(C)c2)C2CCN(Cc3ccnc(-c4cc(C)c(C)c(C)c4)c3)CC2)cc1. The molecule has 0 bridgehead atoms. The van der Waals surface area contributed by atoms with E-state index in [-0.39, 0.29) is 0 Å². The summed E-state index contributed by atoms with van der Waals surface area (Å²) in [7, 11) is 0. The summed E-state index contributed by atoms with van der Waals surface area (Å²) < 4.78 is 0. The van der Waals surface area contributed by atoms with Gasteiger partial charge in [0.2, 0.25) is 0 Å². The minimum absolute atomic E-state index is 0.485. The molecule has 0 aliphatic carbocycles. The van der Waals surface area contributed by atoms with Crippen molar-refractivity contribution in [2.45, 2.75) is 99.7 Å². The number of piperidine rings is 1. The third kappa shape index (κ3) is 8.16. The van der Waals surface area contributed by atoms with Crippen LogP contribution < -0.4 is 4.90 Å². The Morgan fingerprint density at radius 2 is 1.31 bits per heavy atom. The monoisotopic (exact) mass is 649 g/mol. The van der Waals surface area contributed by atoms with Crippen molar-refractivity contribution < 1.29 is 0 Å². The summed E-state index contributed by atoms with van der Waals surface area (Å²) in [6.07, 6.45) is 7.92. The molecule has 1 saturated heterocycles. The van der Waals surface area contributed by atoms with E-state index >= 15 is 0 Å². The molecule has 254 valence electrons. The summed E-state index contributed by atoms with van der Waals surface area (Å²) in [5.74, 6) is 0. The fourth-order valence-electron chi connectivity index (χ4n) is 7.54. The van der Waals surface area contributed by atoms with Crippen LogP contribution >= 0.6 is 0 Å². The van der Waals surface area contributed by atoms with E-state index in [1.807, 2.05) is 6.20 Å². The molecule has 4 aromatic carbocycles. The quantitative estimate of drug-likeness (QED) is 0.142. The first-order chi connectivity index (χ1) is 23.7. The molecule has 2 heterocycles. The van der Waals surface area contributed by atoms with Crippen LogP contribution in [0.1, 0.15) is 82.7 Å². The van der Waals surface area contributed by atoms with Crippen molar-refractivity contribution in [3.05, 3.63) is 141 Å². The minimum Gasteiger partial charge on any atom is -0.364 e. The fourth-order valence-corrected chi connectivity index (χ4v) is 7.54. The predicted octanol–water partition coefficient (Wildman–Crippen LogP) is 11.3. The molecule has 49 heavy (non-hydrogen) atoms. The van der Waals surface area contributed by atoms with Gasteiger partial charge in [-0.05, 0) is 165 Å². The largest absolute Gasteiger partial charge is 0.364 e. The Morgan fingerprint density at radius 1 is 0.694 bits per heavy atom. The number of hydrogen-bond donors (Lipinski definition) is 0. The number of likely N-dealkylation sites (tertiary alicyclic amines) is 1. The number of nitrogens with zero attached hydrogens (tertiary/aromatic N) is 3. The van der Waals surface area contributed by atoms with Gasteiger partial charge in [-0.15, -0.1) is 0 Å². The number of hydrogen-bond acceptors (Lipinski definition) is 3. The maximum Gasteiger partial charge on any atom is 0.0705 e. The highest BCUT2D eigenvalue weighted by molar-refractivity contribution is 5.70. The lowest BCUT2D eigenvalue weighted by molar-refractivity contribution is 0.201. The number of benzene rings is 4. The fraction of sp³-hybridized carbons (Fsp3) is 0.370. The van der Waals surface area contributed by atoms with Gasteiger partial charge in [0, 0.05) is 49.7 Å². The van der Waals surface area contributed by atoms with E-state index in [1.54, 1.807) is 0 Å². The van der Waals surface area contributed by atoms with Crippen molar-refractivity contribution >= 4 is 5.69 Å². The van der Waals surface area contributed by atoms with Crippen LogP contribution in [0.5, 0.6) is 0 Å². The van der Waals surface area contributed by atoms with Gasteiger partial charge in [-0.1, -0.05) is 61.9 Å². The molecule has 0 unspecified atom stereocenters. The molecule has 1 aliphatic rings. The highest BCUT2D eigenvalue weighted by Crippen LogP contribution is 2.33. The van der Waals surface area contributed by atoms with Crippen molar-refractivity contribution in [2.75, 3.05) is 18.0 Å². The van der Waals surface area contributed by atoms with Gasteiger partial charge in [-0.25, -0.2) is 0 Å². The Balaban J connectivity index is 1.22. The Labute approximate surface area is 296 Å². The molecule has 0 atom stereocenters. The van der Waals surface area contributed by atoms with Gasteiger partial charge in [0.25, 0.3) is 0 Å².